The van der Waals surface area contributed by atoms with E-state index in [1.165, 1.54) is 7.11 Å². The van der Waals surface area contributed by atoms with Crippen LogP contribution in [0.15, 0.2) is 28.9 Å². The van der Waals surface area contributed by atoms with Crippen molar-refractivity contribution in [3.05, 3.63) is 28.9 Å². The lowest BCUT2D eigenvalue weighted by molar-refractivity contribution is -0.141. The standard InChI is InChI=1S/C10H9BrN2O2/c1-15-10(14)6-13-9-3-2-8(11)4-7(9)5-12-13/h2-5H,6H2,1H3. The van der Waals surface area contributed by atoms with Crippen LogP contribution < -0.4 is 0 Å². The minimum Gasteiger partial charge on any atom is -0.468 e. The zero-order valence-electron chi connectivity index (χ0n) is 8.11. The first-order chi connectivity index (χ1) is 7.20. The number of fused-ring (bicyclic) bond motifs is 1. The van der Waals surface area contributed by atoms with Crippen LogP contribution in [-0.2, 0) is 16.1 Å². The number of hydrogen-bond donors (Lipinski definition) is 0. The van der Waals surface area contributed by atoms with Gasteiger partial charge in [0, 0.05) is 9.86 Å². The van der Waals surface area contributed by atoms with Gasteiger partial charge in [-0.2, -0.15) is 5.10 Å². The van der Waals surface area contributed by atoms with Gasteiger partial charge in [0.2, 0.25) is 0 Å². The van der Waals surface area contributed by atoms with Gasteiger partial charge in [0.15, 0.2) is 0 Å². The van der Waals surface area contributed by atoms with Crippen molar-refractivity contribution in [2.24, 2.45) is 0 Å². The Morgan fingerprint density at radius 3 is 3.13 bits per heavy atom. The van der Waals surface area contributed by atoms with Crippen molar-refractivity contribution in [2.75, 3.05) is 7.11 Å². The second-order valence-corrected chi connectivity index (χ2v) is 4.00. The first-order valence-corrected chi connectivity index (χ1v) is 5.18. The maximum absolute atomic E-state index is 11.1. The van der Waals surface area contributed by atoms with Crippen LogP contribution in [0.2, 0.25) is 0 Å². The summed E-state index contributed by atoms with van der Waals surface area (Å²) in [5.41, 5.74) is 0.920. The van der Waals surface area contributed by atoms with Gasteiger partial charge in [0.25, 0.3) is 0 Å². The van der Waals surface area contributed by atoms with Gasteiger partial charge in [-0.1, -0.05) is 15.9 Å². The number of carbonyl (C=O) groups is 1. The van der Waals surface area contributed by atoms with Crippen LogP contribution in [-0.4, -0.2) is 22.9 Å². The van der Waals surface area contributed by atoms with Gasteiger partial charge < -0.3 is 4.74 Å². The van der Waals surface area contributed by atoms with E-state index in [4.69, 9.17) is 0 Å². The number of aromatic nitrogens is 2. The van der Waals surface area contributed by atoms with Gasteiger partial charge in [-0.3, -0.25) is 9.48 Å². The molecule has 0 saturated carbocycles. The van der Waals surface area contributed by atoms with E-state index in [1.807, 2.05) is 18.2 Å². The SMILES string of the molecule is COC(=O)Cn1ncc2cc(Br)ccc21. The van der Waals surface area contributed by atoms with E-state index in [0.29, 0.717) is 0 Å². The van der Waals surface area contributed by atoms with Crippen molar-refractivity contribution in [2.45, 2.75) is 6.54 Å². The van der Waals surface area contributed by atoms with Crippen LogP contribution in [0, 0.1) is 0 Å². The number of methoxy groups -OCH3 is 1. The molecule has 0 N–H and O–H groups in total. The average molecular weight is 269 g/mol. The summed E-state index contributed by atoms with van der Waals surface area (Å²) in [6, 6.07) is 5.78. The predicted octanol–water partition coefficient (Wildman–Crippen LogP) is 1.97. The molecule has 4 nitrogen and oxygen atoms in total. The van der Waals surface area contributed by atoms with E-state index < -0.39 is 0 Å². The molecule has 0 aliphatic rings. The maximum Gasteiger partial charge on any atom is 0.327 e. The second-order valence-electron chi connectivity index (χ2n) is 3.08. The van der Waals surface area contributed by atoms with Crippen molar-refractivity contribution in [3.63, 3.8) is 0 Å². The molecule has 1 aromatic heterocycles. The fourth-order valence-electron chi connectivity index (χ4n) is 1.37. The minimum absolute atomic E-state index is 0.141. The van der Waals surface area contributed by atoms with Gasteiger partial charge in [-0.25, -0.2) is 0 Å². The number of benzene rings is 1. The minimum atomic E-state index is -0.303. The van der Waals surface area contributed by atoms with Crippen molar-refractivity contribution in [3.8, 4) is 0 Å². The summed E-state index contributed by atoms with van der Waals surface area (Å²) in [7, 11) is 1.37. The van der Waals surface area contributed by atoms with Gasteiger partial charge in [-0.15, -0.1) is 0 Å². The molecule has 2 aromatic rings. The lowest BCUT2D eigenvalue weighted by Crippen LogP contribution is -2.12. The lowest BCUT2D eigenvalue weighted by atomic mass is 10.2. The summed E-state index contributed by atoms with van der Waals surface area (Å²) in [6.45, 7) is 0.141. The highest BCUT2D eigenvalue weighted by Crippen LogP contribution is 2.19. The molecule has 0 amide bonds. The molecule has 0 spiro atoms. The fourth-order valence-corrected chi connectivity index (χ4v) is 1.75. The Hall–Kier alpha value is -1.36. The van der Waals surface area contributed by atoms with Crippen molar-refractivity contribution in [1.82, 2.24) is 9.78 Å². The van der Waals surface area contributed by atoms with Crippen LogP contribution in [0.1, 0.15) is 0 Å². The van der Waals surface area contributed by atoms with Crippen molar-refractivity contribution >= 4 is 32.8 Å². The van der Waals surface area contributed by atoms with E-state index in [-0.39, 0.29) is 12.5 Å². The lowest BCUT2D eigenvalue weighted by Gasteiger charge is -2.01. The topological polar surface area (TPSA) is 44.1 Å². The zero-order valence-corrected chi connectivity index (χ0v) is 9.69. The van der Waals surface area contributed by atoms with Crippen LogP contribution in [0.3, 0.4) is 0 Å². The third-order valence-electron chi connectivity index (χ3n) is 2.11. The van der Waals surface area contributed by atoms with E-state index in [2.05, 4.69) is 25.8 Å². The number of ether oxygens (including phenoxy) is 1. The fraction of sp³-hybridized carbons (Fsp3) is 0.200. The molecule has 2 rings (SSSR count). The number of halogens is 1. The Morgan fingerprint density at radius 1 is 1.60 bits per heavy atom. The second kappa shape index (κ2) is 4.02. The van der Waals surface area contributed by atoms with Crippen LogP contribution in [0.4, 0.5) is 0 Å². The molecule has 0 atom stereocenters. The Bertz CT molecular complexity index is 507. The van der Waals surface area contributed by atoms with Crippen LogP contribution in [0.5, 0.6) is 0 Å². The number of carbonyl (C=O) groups excluding carboxylic acids is 1. The van der Waals surface area contributed by atoms with Gasteiger partial charge in [0.1, 0.15) is 6.54 Å². The predicted molar refractivity (Wildman–Crippen MR) is 59.4 cm³/mol. The van der Waals surface area contributed by atoms with E-state index >= 15 is 0 Å². The molecule has 1 aromatic carbocycles. The van der Waals surface area contributed by atoms with E-state index in [1.54, 1.807) is 10.9 Å². The molecule has 0 unspecified atom stereocenters. The molecule has 15 heavy (non-hydrogen) atoms. The Labute approximate surface area is 95.0 Å². The summed E-state index contributed by atoms with van der Waals surface area (Å²) in [5.74, 6) is -0.303. The van der Waals surface area contributed by atoms with Gasteiger partial charge in [0.05, 0.1) is 18.8 Å². The number of esters is 1. The summed E-state index contributed by atoms with van der Waals surface area (Å²) in [4.78, 5) is 11.1. The van der Waals surface area contributed by atoms with Crippen molar-refractivity contribution < 1.29 is 9.53 Å². The Kier molecular flexibility index (Phi) is 2.73. The molecule has 78 valence electrons. The molecule has 0 saturated heterocycles. The van der Waals surface area contributed by atoms with E-state index in [9.17, 15) is 4.79 Å². The third kappa shape index (κ3) is 2.02. The number of rotatable bonds is 2. The molecule has 0 bridgehead atoms. The smallest absolute Gasteiger partial charge is 0.327 e. The molecule has 1 heterocycles. The van der Waals surface area contributed by atoms with Gasteiger partial charge in [-0.05, 0) is 18.2 Å². The summed E-state index contributed by atoms with van der Waals surface area (Å²) in [6.07, 6.45) is 1.73. The summed E-state index contributed by atoms with van der Waals surface area (Å²) >= 11 is 3.38. The molecular formula is C10H9BrN2O2. The van der Waals surface area contributed by atoms with Crippen molar-refractivity contribution in [1.29, 1.82) is 0 Å². The quantitative estimate of drug-likeness (QED) is 0.783. The summed E-state index contributed by atoms with van der Waals surface area (Å²) in [5, 5.41) is 5.11. The molecular weight excluding hydrogens is 260 g/mol. The normalized spacial score (nSPS) is 10.5. The average Bonchev–Trinajstić information content (AvgIpc) is 2.60. The van der Waals surface area contributed by atoms with Crippen LogP contribution >= 0.6 is 15.9 Å². The monoisotopic (exact) mass is 268 g/mol. The molecule has 0 aliphatic carbocycles. The highest BCUT2D eigenvalue weighted by atomic mass is 79.9. The Balaban J connectivity index is 2.41. The first-order valence-electron chi connectivity index (χ1n) is 4.38. The Morgan fingerprint density at radius 2 is 2.40 bits per heavy atom. The third-order valence-corrected chi connectivity index (χ3v) is 2.60. The highest BCUT2D eigenvalue weighted by molar-refractivity contribution is 9.10. The largest absolute Gasteiger partial charge is 0.468 e. The first kappa shape index (κ1) is 10.2. The zero-order chi connectivity index (χ0) is 10.8. The van der Waals surface area contributed by atoms with Gasteiger partial charge >= 0.3 is 5.97 Å². The summed E-state index contributed by atoms with van der Waals surface area (Å²) < 4.78 is 7.20. The number of hydrogen-bond acceptors (Lipinski definition) is 3. The molecule has 0 radical (unpaired) electrons. The number of nitrogens with zero attached hydrogens (tertiary/aromatic N) is 2. The highest BCUT2D eigenvalue weighted by Gasteiger charge is 2.07. The molecule has 5 heteroatoms. The van der Waals surface area contributed by atoms with E-state index in [0.717, 1.165) is 15.4 Å². The molecule has 0 aliphatic heterocycles. The maximum atomic E-state index is 11.1. The van der Waals surface area contributed by atoms with Crippen LogP contribution in [0.25, 0.3) is 10.9 Å². The molecule has 0 fully saturated rings.